The number of aromatic nitrogens is 2. The van der Waals surface area contributed by atoms with Gasteiger partial charge >= 0.3 is 0 Å². The minimum atomic E-state index is 0.706. The first kappa shape index (κ1) is 24.2. The number of rotatable bonds is 3. The summed E-state index contributed by atoms with van der Waals surface area (Å²) in [5.74, 6) is 0. The average Bonchev–Trinajstić information content (AvgIpc) is 3.54. The van der Waals surface area contributed by atoms with E-state index in [2.05, 4.69) is 150 Å². The van der Waals surface area contributed by atoms with Crippen LogP contribution in [0.4, 0.5) is 0 Å². The maximum Gasteiger partial charge on any atom is 0.0995 e. The molecule has 198 valence electrons. The molecule has 8 rings (SSSR count). The van der Waals surface area contributed by atoms with E-state index in [-0.39, 0.29) is 0 Å². The summed E-state index contributed by atoms with van der Waals surface area (Å²) in [6.07, 6.45) is 0. The Morgan fingerprint density at radius 2 is 1.21 bits per heavy atom. The lowest BCUT2D eigenvalue weighted by molar-refractivity contribution is 1.11. The Balaban J connectivity index is 1.44. The van der Waals surface area contributed by atoms with E-state index in [4.69, 9.17) is 0 Å². The van der Waals surface area contributed by atoms with Crippen molar-refractivity contribution in [2.45, 2.75) is 13.8 Å². The molecule has 0 aliphatic heterocycles. The van der Waals surface area contributed by atoms with E-state index in [1.165, 1.54) is 43.7 Å². The molecule has 2 heterocycles. The van der Waals surface area contributed by atoms with Crippen LogP contribution in [-0.4, -0.2) is 9.13 Å². The molecule has 3 nitrogen and oxygen atoms in total. The second-order valence-electron chi connectivity index (χ2n) is 11.0. The van der Waals surface area contributed by atoms with Gasteiger partial charge in [0.25, 0.3) is 0 Å². The van der Waals surface area contributed by atoms with Gasteiger partial charge in [0.2, 0.25) is 0 Å². The van der Waals surface area contributed by atoms with Crippen molar-refractivity contribution in [3.8, 4) is 28.6 Å². The minimum Gasteiger partial charge on any atom is -0.309 e. The Morgan fingerprint density at radius 1 is 0.548 bits per heavy atom. The molecule has 0 aliphatic rings. The van der Waals surface area contributed by atoms with Gasteiger partial charge in [-0.15, -0.1) is 0 Å². The largest absolute Gasteiger partial charge is 0.309 e. The zero-order valence-electron chi connectivity index (χ0n) is 23.5. The smallest absolute Gasteiger partial charge is 0.0995 e. The molecule has 0 saturated heterocycles. The van der Waals surface area contributed by atoms with Crippen molar-refractivity contribution in [2.24, 2.45) is 0 Å². The fourth-order valence-electron chi connectivity index (χ4n) is 6.80. The zero-order valence-corrected chi connectivity index (χ0v) is 23.5. The van der Waals surface area contributed by atoms with Gasteiger partial charge in [-0.3, -0.25) is 0 Å². The highest BCUT2D eigenvalue weighted by Gasteiger charge is 2.20. The van der Waals surface area contributed by atoms with Crippen molar-refractivity contribution in [2.75, 3.05) is 0 Å². The molecule has 6 aromatic carbocycles. The van der Waals surface area contributed by atoms with Crippen LogP contribution >= 0.6 is 0 Å². The molecular formula is C39H27N3. The van der Waals surface area contributed by atoms with E-state index in [9.17, 15) is 5.26 Å². The summed E-state index contributed by atoms with van der Waals surface area (Å²) in [6, 6.07) is 47.7. The van der Waals surface area contributed by atoms with Gasteiger partial charge in [-0.25, -0.2) is 0 Å². The van der Waals surface area contributed by atoms with Gasteiger partial charge in [0.15, 0.2) is 0 Å². The van der Waals surface area contributed by atoms with Crippen LogP contribution in [-0.2, 0) is 0 Å². The zero-order chi connectivity index (χ0) is 28.4. The maximum atomic E-state index is 9.83. The first-order valence-corrected chi connectivity index (χ1v) is 14.3. The van der Waals surface area contributed by atoms with Crippen LogP contribution in [0, 0.1) is 25.2 Å². The maximum absolute atomic E-state index is 9.83. The van der Waals surface area contributed by atoms with Crippen LogP contribution in [0.2, 0.25) is 0 Å². The van der Waals surface area contributed by atoms with Crippen LogP contribution in [0.5, 0.6) is 0 Å². The lowest BCUT2D eigenvalue weighted by Crippen LogP contribution is -2.02. The van der Waals surface area contributed by atoms with Crippen LogP contribution in [0.3, 0.4) is 0 Å². The molecule has 0 radical (unpaired) electrons. The Labute approximate surface area is 244 Å². The van der Waals surface area contributed by atoms with E-state index < -0.39 is 0 Å². The second-order valence-corrected chi connectivity index (χ2v) is 11.0. The number of nitrogens with zero attached hydrogens (tertiary/aromatic N) is 3. The van der Waals surface area contributed by atoms with E-state index in [1.54, 1.807) is 0 Å². The molecule has 8 aromatic rings. The standard InChI is InChI=1S/C39H27N3/c1-25-19-20-28(24-40)26(2)39(25)42-35-17-9-7-14-32(35)38-30(15-10-18-37(38)42)27-21-22-36-33(23-27)31-13-6-8-16-34(31)41(36)29-11-4-3-5-12-29/h3-23H,1-2H3. The van der Waals surface area contributed by atoms with E-state index in [0.29, 0.717) is 5.56 Å². The Hall–Kier alpha value is -5.59. The molecule has 3 heteroatoms. The third kappa shape index (κ3) is 3.39. The van der Waals surface area contributed by atoms with Crippen molar-refractivity contribution in [1.82, 2.24) is 9.13 Å². The number of hydrogen-bond donors (Lipinski definition) is 0. The molecule has 0 amide bonds. The molecule has 2 aromatic heterocycles. The number of para-hydroxylation sites is 3. The molecule has 0 fully saturated rings. The van der Waals surface area contributed by atoms with Crippen molar-refractivity contribution in [1.29, 1.82) is 5.26 Å². The van der Waals surface area contributed by atoms with Crippen molar-refractivity contribution in [3.05, 3.63) is 144 Å². The number of nitriles is 1. The highest BCUT2D eigenvalue weighted by atomic mass is 15.0. The molecule has 0 aliphatic carbocycles. The third-order valence-electron chi connectivity index (χ3n) is 8.67. The number of hydrogen-bond acceptors (Lipinski definition) is 1. The molecular weight excluding hydrogens is 510 g/mol. The van der Waals surface area contributed by atoms with Gasteiger partial charge in [0, 0.05) is 27.2 Å². The summed E-state index contributed by atoms with van der Waals surface area (Å²) in [7, 11) is 0. The predicted octanol–water partition coefficient (Wildman–Crippen LogP) is 10.0. The van der Waals surface area contributed by atoms with Gasteiger partial charge < -0.3 is 9.13 Å². The average molecular weight is 538 g/mol. The summed E-state index contributed by atoms with van der Waals surface area (Å²) in [5, 5.41) is 14.7. The van der Waals surface area contributed by atoms with Gasteiger partial charge in [-0.05, 0) is 84.6 Å². The minimum absolute atomic E-state index is 0.706. The quantitative estimate of drug-likeness (QED) is 0.221. The van der Waals surface area contributed by atoms with Gasteiger partial charge in [0.05, 0.1) is 39.4 Å². The van der Waals surface area contributed by atoms with Gasteiger partial charge in [0.1, 0.15) is 0 Å². The predicted molar refractivity (Wildman–Crippen MR) is 175 cm³/mol. The Bertz CT molecular complexity index is 2380. The van der Waals surface area contributed by atoms with Gasteiger partial charge in [-0.2, -0.15) is 5.26 Å². The fourth-order valence-corrected chi connectivity index (χ4v) is 6.80. The van der Waals surface area contributed by atoms with Crippen molar-refractivity contribution in [3.63, 3.8) is 0 Å². The normalized spacial score (nSPS) is 11.5. The molecule has 0 saturated carbocycles. The topological polar surface area (TPSA) is 33.6 Å². The highest BCUT2D eigenvalue weighted by Crippen LogP contribution is 2.42. The number of aryl methyl sites for hydroxylation is 1. The number of benzene rings is 6. The highest BCUT2D eigenvalue weighted by molar-refractivity contribution is 6.17. The Kier molecular flexibility index (Phi) is 5.32. The van der Waals surface area contributed by atoms with Crippen LogP contribution in [0.15, 0.2) is 127 Å². The molecule has 0 spiro atoms. The molecule has 0 N–H and O–H groups in total. The summed E-state index contributed by atoms with van der Waals surface area (Å²) >= 11 is 0. The van der Waals surface area contributed by atoms with E-state index in [1.807, 2.05) is 6.07 Å². The first-order valence-electron chi connectivity index (χ1n) is 14.3. The van der Waals surface area contributed by atoms with E-state index >= 15 is 0 Å². The molecule has 0 atom stereocenters. The van der Waals surface area contributed by atoms with Gasteiger partial charge in [-0.1, -0.05) is 78.9 Å². The van der Waals surface area contributed by atoms with Crippen LogP contribution in [0.25, 0.3) is 66.1 Å². The number of fused-ring (bicyclic) bond motifs is 6. The van der Waals surface area contributed by atoms with Crippen LogP contribution < -0.4 is 0 Å². The lowest BCUT2D eigenvalue weighted by Gasteiger charge is -2.15. The monoisotopic (exact) mass is 537 g/mol. The third-order valence-corrected chi connectivity index (χ3v) is 8.67. The van der Waals surface area contributed by atoms with Crippen LogP contribution in [0.1, 0.15) is 16.7 Å². The lowest BCUT2D eigenvalue weighted by atomic mass is 9.98. The van der Waals surface area contributed by atoms with Crippen molar-refractivity contribution >= 4 is 43.6 Å². The summed E-state index contributed by atoms with van der Waals surface area (Å²) < 4.78 is 4.70. The van der Waals surface area contributed by atoms with Crippen molar-refractivity contribution < 1.29 is 0 Å². The summed E-state index contributed by atoms with van der Waals surface area (Å²) in [4.78, 5) is 0. The Morgan fingerprint density at radius 3 is 2.00 bits per heavy atom. The summed E-state index contributed by atoms with van der Waals surface area (Å²) in [6.45, 7) is 4.19. The first-order chi connectivity index (χ1) is 20.7. The SMILES string of the molecule is Cc1ccc(C#N)c(C)c1-n1c2ccccc2c2c(-c3ccc4c(c3)c3ccccc3n4-c3ccccc3)cccc21. The second kappa shape index (κ2) is 9.23. The fraction of sp³-hybridized carbons (Fsp3) is 0.0513. The molecule has 42 heavy (non-hydrogen) atoms. The molecule has 0 unspecified atom stereocenters. The van der Waals surface area contributed by atoms with E-state index in [0.717, 1.165) is 33.5 Å². The molecule has 0 bridgehead atoms. The summed E-state index contributed by atoms with van der Waals surface area (Å²) in [5.41, 5.74) is 12.2.